The van der Waals surface area contributed by atoms with Gasteiger partial charge in [-0.05, 0) is 47.0 Å². The van der Waals surface area contributed by atoms with E-state index in [1.807, 2.05) is 18.3 Å². The molecule has 24 heavy (non-hydrogen) atoms. The molecule has 0 bridgehead atoms. The highest BCUT2D eigenvalue weighted by atomic mass is 35.5. The van der Waals surface area contributed by atoms with Crippen molar-refractivity contribution in [2.75, 3.05) is 0 Å². The first-order valence-corrected chi connectivity index (χ1v) is 8.09. The molecule has 0 fully saturated rings. The van der Waals surface area contributed by atoms with Crippen molar-refractivity contribution in [1.29, 1.82) is 0 Å². The number of aryl methyl sites for hydroxylation is 2. The fraction of sp³-hybridized carbons (Fsp3) is 0.167. The number of nitrogens with one attached hydrogen (secondary N) is 1. The van der Waals surface area contributed by atoms with Crippen LogP contribution in [0.3, 0.4) is 0 Å². The van der Waals surface area contributed by atoms with Gasteiger partial charge in [0, 0.05) is 23.7 Å². The van der Waals surface area contributed by atoms with E-state index in [4.69, 9.17) is 11.6 Å². The number of benzene rings is 2. The van der Waals surface area contributed by atoms with Crippen molar-refractivity contribution in [3.8, 4) is 11.4 Å². The number of H-pyrrole nitrogens is 1. The van der Waals surface area contributed by atoms with Crippen LogP contribution in [0.5, 0.6) is 0 Å². The molecule has 120 valence electrons. The first-order chi connectivity index (χ1) is 11.6. The van der Waals surface area contributed by atoms with Gasteiger partial charge in [-0.3, -0.25) is 0 Å². The van der Waals surface area contributed by atoms with E-state index in [0.717, 1.165) is 28.0 Å². The number of rotatable bonds is 3. The molecule has 0 aliphatic heterocycles. The zero-order chi connectivity index (χ0) is 16.7. The summed E-state index contributed by atoms with van der Waals surface area (Å²) in [5, 5.41) is 15.8. The van der Waals surface area contributed by atoms with Gasteiger partial charge in [0.25, 0.3) is 0 Å². The molecule has 0 saturated heterocycles. The van der Waals surface area contributed by atoms with Crippen LogP contribution in [-0.2, 0) is 6.54 Å². The summed E-state index contributed by atoms with van der Waals surface area (Å²) < 4.78 is 2.18. The number of tetrazole rings is 1. The molecule has 4 aromatic rings. The lowest BCUT2D eigenvalue weighted by atomic mass is 10.0. The van der Waals surface area contributed by atoms with Crippen LogP contribution in [0, 0.1) is 13.8 Å². The minimum atomic E-state index is 0.646. The van der Waals surface area contributed by atoms with Crippen molar-refractivity contribution in [2.24, 2.45) is 0 Å². The molecule has 2 aromatic carbocycles. The van der Waals surface area contributed by atoms with Crippen LogP contribution in [0.15, 0.2) is 42.6 Å². The summed E-state index contributed by atoms with van der Waals surface area (Å²) in [5.74, 6) is 0.646. The third-order valence-electron chi connectivity index (χ3n) is 4.43. The Balaban J connectivity index is 1.85. The largest absolute Gasteiger partial charge is 0.341 e. The highest BCUT2D eigenvalue weighted by Gasteiger charge is 2.12. The van der Waals surface area contributed by atoms with Crippen molar-refractivity contribution in [2.45, 2.75) is 20.4 Å². The van der Waals surface area contributed by atoms with Crippen molar-refractivity contribution < 1.29 is 0 Å². The Hall–Kier alpha value is -2.66. The lowest BCUT2D eigenvalue weighted by Gasteiger charge is -2.12. The first kappa shape index (κ1) is 14.9. The first-order valence-electron chi connectivity index (χ1n) is 7.71. The smallest absolute Gasteiger partial charge is 0.179 e. The van der Waals surface area contributed by atoms with Crippen LogP contribution in [0.2, 0.25) is 5.02 Å². The highest BCUT2D eigenvalue weighted by Crippen LogP contribution is 2.30. The van der Waals surface area contributed by atoms with Gasteiger partial charge in [-0.1, -0.05) is 41.9 Å². The number of nitrogens with zero attached hydrogens (tertiary/aromatic N) is 4. The SMILES string of the molecule is Cc1cccc(C)c1Cn1cc(Cl)c2ccc(-c3nnn[nH]3)cc21. The van der Waals surface area contributed by atoms with E-state index in [0.29, 0.717) is 5.82 Å². The van der Waals surface area contributed by atoms with Crippen LogP contribution >= 0.6 is 11.6 Å². The summed E-state index contributed by atoms with van der Waals surface area (Å²) in [4.78, 5) is 0. The van der Waals surface area contributed by atoms with Gasteiger partial charge in [0.05, 0.1) is 10.5 Å². The molecule has 0 amide bonds. The van der Waals surface area contributed by atoms with E-state index in [1.165, 1.54) is 16.7 Å². The van der Waals surface area contributed by atoms with E-state index in [-0.39, 0.29) is 0 Å². The standard InChI is InChI=1S/C18H16ClN5/c1-11-4-3-5-12(2)15(11)9-24-10-16(19)14-7-6-13(8-17(14)24)18-20-22-23-21-18/h3-8,10H,9H2,1-2H3,(H,20,21,22,23). The van der Waals surface area contributed by atoms with E-state index >= 15 is 0 Å². The lowest BCUT2D eigenvalue weighted by Crippen LogP contribution is -2.02. The second-order valence-corrected chi connectivity index (χ2v) is 6.36. The molecule has 4 rings (SSSR count). The molecule has 0 spiro atoms. The van der Waals surface area contributed by atoms with Gasteiger partial charge >= 0.3 is 0 Å². The molecule has 5 nitrogen and oxygen atoms in total. The number of hydrogen-bond donors (Lipinski definition) is 1. The summed E-state index contributed by atoms with van der Waals surface area (Å²) in [5.41, 5.74) is 5.88. The lowest BCUT2D eigenvalue weighted by molar-refractivity contribution is 0.824. The quantitative estimate of drug-likeness (QED) is 0.611. The van der Waals surface area contributed by atoms with Crippen LogP contribution in [0.1, 0.15) is 16.7 Å². The van der Waals surface area contributed by atoms with Crippen LogP contribution < -0.4 is 0 Å². The molecule has 0 atom stereocenters. The molecule has 0 aliphatic rings. The predicted molar refractivity (Wildman–Crippen MR) is 95.1 cm³/mol. The molecule has 1 N–H and O–H groups in total. The fourth-order valence-electron chi connectivity index (χ4n) is 3.08. The Morgan fingerprint density at radius 3 is 2.62 bits per heavy atom. The summed E-state index contributed by atoms with van der Waals surface area (Å²) in [7, 11) is 0. The monoisotopic (exact) mass is 337 g/mol. The molecular weight excluding hydrogens is 322 g/mol. The van der Waals surface area contributed by atoms with Crippen molar-refractivity contribution in [3.05, 3.63) is 64.3 Å². The van der Waals surface area contributed by atoms with Crippen molar-refractivity contribution >= 4 is 22.5 Å². The maximum absolute atomic E-state index is 6.43. The summed E-state index contributed by atoms with van der Waals surface area (Å²) in [6, 6.07) is 12.4. The van der Waals surface area contributed by atoms with Crippen molar-refractivity contribution in [1.82, 2.24) is 25.2 Å². The van der Waals surface area contributed by atoms with Crippen molar-refractivity contribution in [3.63, 3.8) is 0 Å². The summed E-state index contributed by atoms with van der Waals surface area (Å²) in [6.07, 6.45) is 1.99. The van der Waals surface area contributed by atoms with Gasteiger partial charge in [-0.2, -0.15) is 0 Å². The maximum Gasteiger partial charge on any atom is 0.179 e. The molecule has 0 aliphatic carbocycles. The number of aromatic amines is 1. The van der Waals surface area contributed by atoms with E-state index in [9.17, 15) is 0 Å². The average Bonchev–Trinajstić information content (AvgIpc) is 3.20. The number of hydrogen-bond acceptors (Lipinski definition) is 3. The fourth-order valence-corrected chi connectivity index (χ4v) is 3.35. The van der Waals surface area contributed by atoms with Gasteiger partial charge in [-0.25, -0.2) is 5.10 Å². The molecule has 2 aromatic heterocycles. The minimum Gasteiger partial charge on any atom is -0.341 e. The Labute approximate surface area is 144 Å². The topological polar surface area (TPSA) is 59.4 Å². The number of fused-ring (bicyclic) bond motifs is 1. The second kappa shape index (κ2) is 5.76. The zero-order valence-electron chi connectivity index (χ0n) is 13.4. The molecule has 0 unspecified atom stereocenters. The van der Waals surface area contributed by atoms with Gasteiger partial charge in [0.2, 0.25) is 0 Å². The Morgan fingerprint density at radius 2 is 1.92 bits per heavy atom. The molecule has 2 heterocycles. The van der Waals surface area contributed by atoms with Crippen LogP contribution in [0.4, 0.5) is 0 Å². The Bertz CT molecular complexity index is 997. The summed E-state index contributed by atoms with van der Waals surface area (Å²) >= 11 is 6.43. The predicted octanol–water partition coefficient (Wildman–Crippen LogP) is 4.14. The third kappa shape index (κ3) is 2.47. The normalized spacial score (nSPS) is 11.3. The molecular formula is C18H16ClN5. The van der Waals surface area contributed by atoms with Gasteiger partial charge < -0.3 is 4.57 Å². The Morgan fingerprint density at radius 1 is 1.12 bits per heavy atom. The zero-order valence-corrected chi connectivity index (χ0v) is 14.2. The van der Waals surface area contributed by atoms with Crippen LogP contribution in [-0.4, -0.2) is 25.2 Å². The highest BCUT2D eigenvalue weighted by molar-refractivity contribution is 6.35. The van der Waals surface area contributed by atoms with Gasteiger partial charge in [0.15, 0.2) is 5.82 Å². The minimum absolute atomic E-state index is 0.646. The average molecular weight is 338 g/mol. The van der Waals surface area contributed by atoms with Gasteiger partial charge in [0.1, 0.15) is 0 Å². The number of aromatic nitrogens is 5. The summed E-state index contributed by atoms with van der Waals surface area (Å²) in [6.45, 7) is 5.06. The molecule has 0 radical (unpaired) electrons. The van der Waals surface area contributed by atoms with E-state index in [1.54, 1.807) is 0 Å². The Kier molecular flexibility index (Phi) is 3.58. The number of halogens is 1. The van der Waals surface area contributed by atoms with E-state index < -0.39 is 0 Å². The van der Waals surface area contributed by atoms with E-state index in [2.05, 4.69) is 63.3 Å². The third-order valence-corrected chi connectivity index (χ3v) is 4.73. The maximum atomic E-state index is 6.43. The van der Waals surface area contributed by atoms with Crippen LogP contribution in [0.25, 0.3) is 22.3 Å². The molecule has 0 saturated carbocycles. The van der Waals surface area contributed by atoms with Gasteiger partial charge in [-0.15, -0.1) is 5.10 Å². The molecule has 6 heteroatoms. The second-order valence-electron chi connectivity index (χ2n) is 5.96.